The highest BCUT2D eigenvalue weighted by Gasteiger charge is 2.12. The Morgan fingerprint density at radius 1 is 1.24 bits per heavy atom. The van der Waals surface area contributed by atoms with Gasteiger partial charge in [0.1, 0.15) is 0 Å². The summed E-state index contributed by atoms with van der Waals surface area (Å²) in [6.45, 7) is 0.169. The molecule has 0 heterocycles. The number of nitro benzene ring substituents is 1. The second kappa shape index (κ2) is 7.70. The highest BCUT2D eigenvalue weighted by atomic mass is 32.2. The Morgan fingerprint density at radius 3 is 2.38 bits per heavy atom. The van der Waals surface area contributed by atoms with Crippen LogP contribution in [0.3, 0.4) is 0 Å². The van der Waals surface area contributed by atoms with Crippen LogP contribution in [0.2, 0.25) is 0 Å². The minimum atomic E-state index is -3.54. The molecule has 0 unspecified atom stereocenters. The number of carboxylic acids is 1. The highest BCUT2D eigenvalue weighted by molar-refractivity contribution is 7.88. The standard InChI is InChI=1S/C12H16N2O6S/c15-12(16)3-1-2-8-13-21(19,20)9-10-4-6-11(7-5-10)14(17)18/h4-7,13H,1-3,8-9H2,(H,15,16). The van der Waals surface area contributed by atoms with Gasteiger partial charge in [-0.1, -0.05) is 12.1 Å². The molecule has 0 aliphatic rings. The fraction of sp³-hybridized carbons (Fsp3) is 0.417. The molecule has 0 atom stereocenters. The number of sulfonamides is 1. The fourth-order valence-corrected chi connectivity index (χ4v) is 2.80. The summed E-state index contributed by atoms with van der Waals surface area (Å²) in [5.41, 5.74) is 0.344. The summed E-state index contributed by atoms with van der Waals surface area (Å²) in [7, 11) is -3.54. The van der Waals surface area contributed by atoms with Crippen molar-refractivity contribution in [3.8, 4) is 0 Å². The van der Waals surface area contributed by atoms with E-state index in [4.69, 9.17) is 5.11 Å². The van der Waals surface area contributed by atoms with Crippen LogP contribution in [0, 0.1) is 10.1 Å². The van der Waals surface area contributed by atoms with Gasteiger partial charge in [-0.05, 0) is 18.4 Å². The molecule has 0 amide bonds. The van der Waals surface area contributed by atoms with E-state index in [0.717, 1.165) is 0 Å². The van der Waals surface area contributed by atoms with Crippen LogP contribution in [-0.4, -0.2) is 31.0 Å². The summed E-state index contributed by atoms with van der Waals surface area (Å²) in [5, 5.41) is 18.9. The average molecular weight is 316 g/mol. The quantitative estimate of drug-likeness (QED) is 0.401. The van der Waals surface area contributed by atoms with E-state index in [1.54, 1.807) is 0 Å². The van der Waals surface area contributed by atoms with Crippen molar-refractivity contribution in [1.82, 2.24) is 4.72 Å². The molecular formula is C12H16N2O6S. The van der Waals surface area contributed by atoms with E-state index < -0.39 is 20.9 Å². The first-order valence-electron chi connectivity index (χ1n) is 6.22. The van der Waals surface area contributed by atoms with Gasteiger partial charge in [-0.15, -0.1) is 0 Å². The number of aliphatic carboxylic acids is 1. The second-order valence-electron chi connectivity index (χ2n) is 4.43. The zero-order chi connectivity index (χ0) is 15.9. The lowest BCUT2D eigenvalue weighted by Gasteiger charge is -2.06. The Morgan fingerprint density at radius 2 is 1.86 bits per heavy atom. The molecule has 0 aliphatic carbocycles. The minimum absolute atomic E-state index is 0.00405. The average Bonchev–Trinajstić information content (AvgIpc) is 2.38. The lowest BCUT2D eigenvalue weighted by molar-refractivity contribution is -0.384. The first-order chi connectivity index (χ1) is 9.80. The molecule has 116 valence electrons. The molecule has 0 fully saturated rings. The van der Waals surface area contributed by atoms with Gasteiger partial charge in [0.25, 0.3) is 5.69 Å². The number of non-ortho nitro benzene ring substituents is 1. The Balaban J connectivity index is 2.44. The normalized spacial score (nSPS) is 11.2. The van der Waals surface area contributed by atoms with Crippen molar-refractivity contribution in [2.75, 3.05) is 6.54 Å². The largest absolute Gasteiger partial charge is 0.481 e. The van der Waals surface area contributed by atoms with E-state index in [1.807, 2.05) is 0 Å². The van der Waals surface area contributed by atoms with Crippen LogP contribution in [-0.2, 0) is 20.6 Å². The molecule has 0 spiro atoms. The Hall–Kier alpha value is -2.00. The molecule has 1 rings (SSSR count). The number of rotatable bonds is 9. The van der Waals surface area contributed by atoms with Crippen LogP contribution >= 0.6 is 0 Å². The Bertz CT molecular complexity index is 597. The summed E-state index contributed by atoms with van der Waals surface area (Å²) >= 11 is 0. The van der Waals surface area contributed by atoms with Gasteiger partial charge >= 0.3 is 5.97 Å². The number of carbonyl (C=O) groups is 1. The zero-order valence-electron chi connectivity index (χ0n) is 11.2. The lowest BCUT2D eigenvalue weighted by atomic mass is 10.2. The molecule has 0 radical (unpaired) electrons. The summed E-state index contributed by atoms with van der Waals surface area (Å²) in [6, 6.07) is 5.28. The maximum atomic E-state index is 11.8. The number of hydrogen-bond donors (Lipinski definition) is 2. The summed E-state index contributed by atoms with van der Waals surface area (Å²) in [4.78, 5) is 20.2. The topological polar surface area (TPSA) is 127 Å². The van der Waals surface area contributed by atoms with Crippen LogP contribution in [0.4, 0.5) is 5.69 Å². The van der Waals surface area contributed by atoms with Gasteiger partial charge in [0.15, 0.2) is 0 Å². The number of benzene rings is 1. The van der Waals surface area contributed by atoms with Gasteiger partial charge in [0, 0.05) is 25.1 Å². The van der Waals surface area contributed by atoms with Gasteiger partial charge in [-0.2, -0.15) is 0 Å². The summed E-state index contributed by atoms with van der Waals surface area (Å²) in [6.07, 6.45) is 0.839. The van der Waals surface area contributed by atoms with Crippen molar-refractivity contribution in [3.63, 3.8) is 0 Å². The van der Waals surface area contributed by atoms with Gasteiger partial charge < -0.3 is 5.11 Å². The fourth-order valence-electron chi connectivity index (χ4n) is 1.61. The molecular weight excluding hydrogens is 300 g/mol. The number of unbranched alkanes of at least 4 members (excludes halogenated alkanes) is 1. The first-order valence-corrected chi connectivity index (χ1v) is 7.88. The predicted molar refractivity (Wildman–Crippen MR) is 75.2 cm³/mol. The molecule has 0 aromatic heterocycles. The minimum Gasteiger partial charge on any atom is -0.481 e. The monoisotopic (exact) mass is 316 g/mol. The molecule has 0 aliphatic heterocycles. The van der Waals surface area contributed by atoms with E-state index in [0.29, 0.717) is 18.4 Å². The number of nitro groups is 1. The van der Waals surface area contributed by atoms with Crippen LogP contribution in [0.25, 0.3) is 0 Å². The molecule has 1 aromatic carbocycles. The first kappa shape index (κ1) is 17.1. The number of hydrogen-bond acceptors (Lipinski definition) is 5. The highest BCUT2D eigenvalue weighted by Crippen LogP contribution is 2.13. The molecule has 0 saturated carbocycles. The number of carboxylic acid groups (broad SMARTS) is 1. The van der Waals surface area contributed by atoms with E-state index in [1.165, 1.54) is 24.3 Å². The van der Waals surface area contributed by atoms with Crippen LogP contribution < -0.4 is 4.72 Å². The van der Waals surface area contributed by atoms with Gasteiger partial charge in [-0.3, -0.25) is 14.9 Å². The second-order valence-corrected chi connectivity index (χ2v) is 6.23. The van der Waals surface area contributed by atoms with E-state index in [-0.39, 0.29) is 24.4 Å². The van der Waals surface area contributed by atoms with Crippen molar-refractivity contribution < 1.29 is 23.2 Å². The molecule has 1 aromatic rings. The predicted octanol–water partition coefficient (Wildman–Crippen LogP) is 1.27. The molecule has 2 N–H and O–H groups in total. The number of nitrogens with zero attached hydrogens (tertiary/aromatic N) is 1. The summed E-state index contributed by atoms with van der Waals surface area (Å²) in [5.74, 6) is -1.19. The van der Waals surface area contributed by atoms with Gasteiger partial charge in [0.05, 0.1) is 10.7 Å². The van der Waals surface area contributed by atoms with Crippen LogP contribution in [0.15, 0.2) is 24.3 Å². The summed E-state index contributed by atoms with van der Waals surface area (Å²) < 4.78 is 25.9. The maximum Gasteiger partial charge on any atom is 0.303 e. The lowest BCUT2D eigenvalue weighted by Crippen LogP contribution is -2.26. The third kappa shape index (κ3) is 6.82. The van der Waals surface area contributed by atoms with Gasteiger partial charge in [0.2, 0.25) is 10.0 Å². The van der Waals surface area contributed by atoms with Crippen molar-refractivity contribution in [3.05, 3.63) is 39.9 Å². The van der Waals surface area contributed by atoms with Crippen molar-refractivity contribution in [1.29, 1.82) is 0 Å². The molecule has 21 heavy (non-hydrogen) atoms. The van der Waals surface area contributed by atoms with Crippen molar-refractivity contribution >= 4 is 21.7 Å². The zero-order valence-corrected chi connectivity index (χ0v) is 12.0. The smallest absolute Gasteiger partial charge is 0.303 e. The Labute approximate surface area is 122 Å². The van der Waals surface area contributed by atoms with Crippen LogP contribution in [0.5, 0.6) is 0 Å². The molecule has 0 saturated heterocycles. The van der Waals surface area contributed by atoms with Gasteiger partial charge in [-0.25, -0.2) is 13.1 Å². The Kier molecular flexibility index (Phi) is 6.25. The van der Waals surface area contributed by atoms with Crippen molar-refractivity contribution in [2.24, 2.45) is 0 Å². The number of nitrogens with one attached hydrogen (secondary N) is 1. The van der Waals surface area contributed by atoms with E-state index in [9.17, 15) is 23.3 Å². The van der Waals surface area contributed by atoms with E-state index >= 15 is 0 Å². The maximum absolute atomic E-state index is 11.8. The molecule has 0 bridgehead atoms. The van der Waals surface area contributed by atoms with Crippen LogP contribution in [0.1, 0.15) is 24.8 Å². The van der Waals surface area contributed by atoms with Crippen molar-refractivity contribution in [2.45, 2.75) is 25.0 Å². The molecule has 8 nitrogen and oxygen atoms in total. The molecule has 9 heteroatoms. The SMILES string of the molecule is O=C(O)CCCCNS(=O)(=O)Cc1ccc([N+](=O)[O-])cc1. The third-order valence-electron chi connectivity index (χ3n) is 2.64. The third-order valence-corrected chi connectivity index (χ3v) is 4.00. The van der Waals surface area contributed by atoms with E-state index in [2.05, 4.69) is 4.72 Å².